The zero-order valence-corrected chi connectivity index (χ0v) is 8.06. The van der Waals surface area contributed by atoms with E-state index in [1.165, 1.54) is 6.07 Å². The van der Waals surface area contributed by atoms with Gasteiger partial charge in [-0.05, 0) is 28.1 Å². The first-order valence-electron chi connectivity index (χ1n) is 3.31. The van der Waals surface area contributed by atoms with Crippen LogP contribution in [0.5, 0.6) is 0 Å². The number of hydrogen-bond donors (Lipinski definition) is 1. The molecule has 5 nitrogen and oxygen atoms in total. The molecule has 0 radical (unpaired) electrons. The van der Waals surface area contributed by atoms with Crippen LogP contribution < -0.4 is 5.84 Å². The molecule has 0 saturated carbocycles. The first-order valence-corrected chi connectivity index (χ1v) is 4.10. The van der Waals surface area contributed by atoms with E-state index in [-0.39, 0.29) is 12.1 Å². The molecule has 0 saturated heterocycles. The van der Waals surface area contributed by atoms with Crippen LogP contribution in [0.25, 0.3) is 0 Å². The van der Waals surface area contributed by atoms with Gasteiger partial charge in [0.1, 0.15) is 10.3 Å². The summed E-state index contributed by atoms with van der Waals surface area (Å²) in [4.78, 5) is 25.2. The third-order valence-electron chi connectivity index (χ3n) is 1.28. The zero-order chi connectivity index (χ0) is 9.84. The molecular formula is C7H6BrN3O2. The Bertz CT molecular complexity index is 342. The van der Waals surface area contributed by atoms with Crippen molar-refractivity contribution in [3.63, 3.8) is 0 Å². The van der Waals surface area contributed by atoms with E-state index in [1.807, 2.05) is 0 Å². The maximum atomic E-state index is 11.2. The highest BCUT2D eigenvalue weighted by Gasteiger charge is 2.12. The van der Waals surface area contributed by atoms with Crippen molar-refractivity contribution in [1.29, 1.82) is 0 Å². The molecule has 1 heterocycles. The summed E-state index contributed by atoms with van der Waals surface area (Å²) in [6, 6.07) is 4.76. The van der Waals surface area contributed by atoms with E-state index in [0.717, 1.165) is 0 Å². The van der Waals surface area contributed by atoms with Gasteiger partial charge in [-0.15, -0.1) is 0 Å². The summed E-state index contributed by atoms with van der Waals surface area (Å²) in [7, 11) is 0. The number of hydrazine groups is 1. The number of carbonyl (C=O) groups excluding carboxylic acids is 2. The minimum absolute atomic E-state index is 0.115. The quantitative estimate of drug-likeness (QED) is 0.267. The molecule has 0 aliphatic rings. The van der Waals surface area contributed by atoms with E-state index < -0.39 is 5.91 Å². The van der Waals surface area contributed by atoms with Crippen LogP contribution in [-0.4, -0.2) is 22.3 Å². The summed E-state index contributed by atoms with van der Waals surface area (Å²) in [5.41, 5.74) is 0.115. The number of nitrogens with zero attached hydrogens (tertiary/aromatic N) is 2. The highest BCUT2D eigenvalue weighted by atomic mass is 79.9. The van der Waals surface area contributed by atoms with Crippen molar-refractivity contribution in [3.8, 4) is 0 Å². The standard InChI is InChI=1S/C7H6BrN3O2/c8-6-3-1-2-5(10-6)7(13)11(9)4-12/h1-4H,9H2. The second-order valence-electron chi connectivity index (χ2n) is 2.16. The molecule has 0 aliphatic carbocycles. The smallest absolute Gasteiger partial charge is 0.277 e. The Morgan fingerprint density at radius 1 is 1.62 bits per heavy atom. The lowest BCUT2D eigenvalue weighted by Crippen LogP contribution is -2.36. The van der Waals surface area contributed by atoms with Crippen LogP contribution in [0.15, 0.2) is 22.8 Å². The Kier molecular flexibility index (Phi) is 3.10. The molecule has 0 unspecified atom stereocenters. The lowest BCUT2D eigenvalue weighted by molar-refractivity contribution is -0.116. The molecule has 2 N–H and O–H groups in total. The number of hydrogen-bond acceptors (Lipinski definition) is 4. The summed E-state index contributed by atoms with van der Waals surface area (Å²) in [5.74, 6) is 4.42. The Morgan fingerprint density at radius 2 is 2.31 bits per heavy atom. The highest BCUT2D eigenvalue weighted by Crippen LogP contribution is 2.06. The van der Waals surface area contributed by atoms with E-state index >= 15 is 0 Å². The van der Waals surface area contributed by atoms with Gasteiger partial charge in [-0.3, -0.25) is 9.59 Å². The van der Waals surface area contributed by atoms with Crippen molar-refractivity contribution < 1.29 is 9.59 Å². The van der Waals surface area contributed by atoms with E-state index in [0.29, 0.717) is 9.61 Å². The van der Waals surface area contributed by atoms with Crippen LogP contribution in [-0.2, 0) is 4.79 Å². The predicted molar refractivity (Wildman–Crippen MR) is 48.4 cm³/mol. The van der Waals surface area contributed by atoms with Crippen molar-refractivity contribution in [2.75, 3.05) is 0 Å². The number of halogens is 1. The number of nitrogens with two attached hydrogens (primary N) is 1. The van der Waals surface area contributed by atoms with Gasteiger partial charge in [-0.25, -0.2) is 15.8 Å². The SMILES string of the molecule is NN(C=O)C(=O)c1cccc(Br)n1. The van der Waals surface area contributed by atoms with Crippen molar-refractivity contribution in [1.82, 2.24) is 9.99 Å². The van der Waals surface area contributed by atoms with Gasteiger partial charge in [0.15, 0.2) is 0 Å². The first kappa shape index (κ1) is 9.82. The molecule has 0 aliphatic heterocycles. The Morgan fingerprint density at radius 3 is 2.85 bits per heavy atom. The molecule has 1 aromatic rings. The predicted octanol–water partition coefficient (Wildman–Crippen LogP) is 0.316. The number of pyridine rings is 1. The average Bonchev–Trinajstić information content (AvgIpc) is 2.15. The largest absolute Gasteiger partial charge is 0.293 e. The van der Waals surface area contributed by atoms with Crippen LogP contribution in [0.4, 0.5) is 0 Å². The average molecular weight is 244 g/mol. The van der Waals surface area contributed by atoms with E-state index in [4.69, 9.17) is 5.84 Å². The van der Waals surface area contributed by atoms with Crippen molar-refractivity contribution in [2.24, 2.45) is 5.84 Å². The first-order chi connectivity index (χ1) is 6.15. The number of amides is 2. The number of aromatic nitrogens is 1. The summed E-state index contributed by atoms with van der Waals surface area (Å²) in [6.45, 7) is 0. The Hall–Kier alpha value is -1.27. The van der Waals surface area contributed by atoms with Gasteiger partial charge in [0.05, 0.1) is 0 Å². The number of carbonyl (C=O) groups is 2. The summed E-state index contributed by atoms with van der Waals surface area (Å²) in [5, 5.41) is 0.439. The molecular weight excluding hydrogens is 238 g/mol. The number of imide groups is 1. The van der Waals surface area contributed by atoms with Crippen LogP contribution in [0.3, 0.4) is 0 Å². The monoisotopic (exact) mass is 243 g/mol. The summed E-state index contributed by atoms with van der Waals surface area (Å²) < 4.78 is 0.512. The molecule has 2 amide bonds. The fourth-order valence-electron chi connectivity index (χ4n) is 0.708. The van der Waals surface area contributed by atoms with E-state index in [9.17, 15) is 9.59 Å². The van der Waals surface area contributed by atoms with Crippen molar-refractivity contribution >= 4 is 28.2 Å². The van der Waals surface area contributed by atoms with Gasteiger partial charge in [0.25, 0.3) is 5.91 Å². The van der Waals surface area contributed by atoms with Crippen LogP contribution in [0.2, 0.25) is 0 Å². The van der Waals surface area contributed by atoms with Crippen molar-refractivity contribution in [3.05, 3.63) is 28.5 Å². The lowest BCUT2D eigenvalue weighted by Gasteiger charge is -2.06. The summed E-state index contributed by atoms with van der Waals surface area (Å²) in [6.07, 6.45) is 0.227. The van der Waals surface area contributed by atoms with Gasteiger partial charge >= 0.3 is 0 Å². The fourth-order valence-corrected chi connectivity index (χ4v) is 1.05. The van der Waals surface area contributed by atoms with Crippen molar-refractivity contribution in [2.45, 2.75) is 0 Å². The molecule has 0 bridgehead atoms. The normalized spacial score (nSPS) is 9.38. The van der Waals surface area contributed by atoms with Crippen LogP contribution >= 0.6 is 15.9 Å². The fraction of sp³-hybridized carbons (Fsp3) is 0. The molecule has 0 aromatic carbocycles. The Balaban J connectivity index is 2.95. The van der Waals surface area contributed by atoms with E-state index in [2.05, 4.69) is 20.9 Å². The topological polar surface area (TPSA) is 76.3 Å². The maximum absolute atomic E-state index is 11.2. The van der Waals surface area contributed by atoms with E-state index in [1.54, 1.807) is 12.1 Å². The molecule has 13 heavy (non-hydrogen) atoms. The molecule has 1 rings (SSSR count). The zero-order valence-electron chi connectivity index (χ0n) is 6.48. The van der Waals surface area contributed by atoms with Gasteiger partial charge in [-0.1, -0.05) is 6.07 Å². The summed E-state index contributed by atoms with van der Waals surface area (Å²) >= 11 is 3.09. The maximum Gasteiger partial charge on any atom is 0.293 e. The molecule has 68 valence electrons. The highest BCUT2D eigenvalue weighted by molar-refractivity contribution is 9.10. The minimum Gasteiger partial charge on any atom is -0.277 e. The molecule has 0 atom stereocenters. The molecule has 6 heteroatoms. The van der Waals surface area contributed by atoms with Gasteiger partial charge < -0.3 is 0 Å². The molecule has 0 spiro atoms. The van der Waals surface area contributed by atoms with Crippen LogP contribution in [0.1, 0.15) is 10.5 Å². The van der Waals surface area contributed by atoms with Gasteiger partial charge in [-0.2, -0.15) is 0 Å². The molecule has 0 fully saturated rings. The molecule has 1 aromatic heterocycles. The minimum atomic E-state index is -0.642. The van der Waals surface area contributed by atoms with Crippen LogP contribution in [0, 0.1) is 0 Å². The Labute approximate surface area is 82.6 Å². The third kappa shape index (κ3) is 2.33. The van der Waals surface area contributed by atoms with Gasteiger partial charge in [0.2, 0.25) is 6.41 Å². The lowest BCUT2D eigenvalue weighted by atomic mass is 10.3. The third-order valence-corrected chi connectivity index (χ3v) is 1.72. The number of rotatable bonds is 2. The second-order valence-corrected chi connectivity index (χ2v) is 2.98. The van der Waals surface area contributed by atoms with Gasteiger partial charge in [0, 0.05) is 0 Å². The second kappa shape index (κ2) is 4.11.